The lowest BCUT2D eigenvalue weighted by Crippen LogP contribution is -2.59. The maximum atomic E-state index is 12.8. The number of aliphatic hydroxyl groups is 4. The Hall–Kier alpha value is -3.67. The zero-order valence-corrected chi connectivity index (χ0v) is 40.9. The summed E-state index contributed by atoms with van der Waals surface area (Å²) < 4.78 is 22.8. The SMILES string of the molecule is CC/C=C\C/C=C\C/C=C\C/C=C\C/C=C\C/C=C\CCCCCCCCCOCC(COC1OC(CO)C(O)C(O)C1O)OC(=O)CCC/C=C\C/C=C\C/C=C\C/C=C\C/C=C\CC. The van der Waals surface area contributed by atoms with Crippen LogP contribution in [0.3, 0.4) is 0 Å². The number of rotatable bonds is 41. The second kappa shape index (κ2) is 46.4. The summed E-state index contributed by atoms with van der Waals surface area (Å²) in [7, 11) is 0. The number of hydrogen-bond donors (Lipinski definition) is 4. The maximum Gasteiger partial charge on any atom is 0.306 e. The van der Waals surface area contributed by atoms with Gasteiger partial charge in [0.1, 0.15) is 30.5 Å². The van der Waals surface area contributed by atoms with Crippen LogP contribution in [0.5, 0.6) is 0 Å². The van der Waals surface area contributed by atoms with Gasteiger partial charge in [0.2, 0.25) is 0 Å². The lowest BCUT2D eigenvalue weighted by atomic mass is 9.99. The van der Waals surface area contributed by atoms with Crippen LogP contribution >= 0.6 is 0 Å². The molecule has 4 N–H and O–H groups in total. The summed E-state index contributed by atoms with van der Waals surface area (Å²) >= 11 is 0. The second-order valence-electron chi connectivity index (χ2n) is 16.5. The lowest BCUT2D eigenvalue weighted by Gasteiger charge is -2.39. The molecule has 0 spiro atoms. The van der Waals surface area contributed by atoms with Crippen molar-refractivity contribution in [2.75, 3.05) is 26.4 Å². The molecule has 0 radical (unpaired) electrons. The van der Waals surface area contributed by atoms with Crippen molar-refractivity contribution in [3.8, 4) is 0 Å². The summed E-state index contributed by atoms with van der Waals surface area (Å²) in [5.74, 6) is -0.380. The second-order valence-corrected chi connectivity index (χ2v) is 16.5. The molecule has 0 aromatic rings. The predicted octanol–water partition coefficient (Wildman–Crippen LogP) is 12.5. The van der Waals surface area contributed by atoms with Crippen LogP contribution in [0.15, 0.2) is 134 Å². The minimum Gasteiger partial charge on any atom is -0.457 e. The molecular formula is C57H90O9. The minimum atomic E-state index is -1.56. The van der Waals surface area contributed by atoms with E-state index >= 15 is 0 Å². The van der Waals surface area contributed by atoms with E-state index in [0.29, 0.717) is 13.0 Å². The van der Waals surface area contributed by atoms with Gasteiger partial charge in [-0.3, -0.25) is 4.79 Å². The number of allylic oxidation sites excluding steroid dienone is 22. The molecule has 9 nitrogen and oxygen atoms in total. The van der Waals surface area contributed by atoms with E-state index in [4.69, 9.17) is 18.9 Å². The standard InChI is InChI=1S/C57H90O9/c1-3-5-7-9-11-13-15-17-19-21-22-23-24-25-26-27-28-29-31-33-35-37-39-41-43-45-47-63-49-51(50-64-57-56(62)55(61)54(60)52(48-58)66-57)65-53(59)46-44-42-40-38-36-34-32-30-20-18-16-14-12-10-8-6-4-2/h5-8,11-14,17-20,22-23,25-26,28-29,32,34,38,40,51-52,54-58,60-62H,3-4,9-10,15-16,21,24,27,30-31,33,35-37,39,41-50H2,1-2H3/b7-5-,8-6-,13-11-,14-12-,19-17-,20-18-,23-22-,26-25-,29-28-,34-32-,40-38-. The zero-order valence-electron chi connectivity index (χ0n) is 40.9. The van der Waals surface area contributed by atoms with Gasteiger partial charge in [0.25, 0.3) is 0 Å². The molecule has 0 aromatic heterocycles. The summed E-state index contributed by atoms with van der Waals surface area (Å²) in [4.78, 5) is 12.8. The van der Waals surface area contributed by atoms with Crippen LogP contribution in [0.2, 0.25) is 0 Å². The van der Waals surface area contributed by atoms with Crippen molar-refractivity contribution in [1.82, 2.24) is 0 Å². The number of esters is 1. The number of carbonyl (C=O) groups is 1. The van der Waals surface area contributed by atoms with Gasteiger partial charge in [0, 0.05) is 13.0 Å². The molecule has 0 saturated carbocycles. The number of carbonyl (C=O) groups excluding carboxylic acids is 1. The highest BCUT2D eigenvalue weighted by atomic mass is 16.7. The van der Waals surface area contributed by atoms with Gasteiger partial charge in [-0.05, 0) is 103 Å². The van der Waals surface area contributed by atoms with E-state index in [9.17, 15) is 25.2 Å². The highest BCUT2D eigenvalue weighted by molar-refractivity contribution is 5.69. The fourth-order valence-corrected chi connectivity index (χ4v) is 6.71. The van der Waals surface area contributed by atoms with E-state index in [0.717, 1.165) is 103 Å². The molecule has 1 rings (SSSR count). The van der Waals surface area contributed by atoms with Gasteiger partial charge >= 0.3 is 5.97 Å². The van der Waals surface area contributed by atoms with E-state index in [-0.39, 0.29) is 25.6 Å². The Morgan fingerprint density at radius 3 is 1.32 bits per heavy atom. The van der Waals surface area contributed by atoms with Crippen LogP contribution in [0.25, 0.3) is 0 Å². The molecule has 66 heavy (non-hydrogen) atoms. The fourth-order valence-electron chi connectivity index (χ4n) is 6.71. The molecule has 0 bridgehead atoms. The Kier molecular flexibility index (Phi) is 42.5. The van der Waals surface area contributed by atoms with Gasteiger partial charge in [-0.2, -0.15) is 0 Å². The van der Waals surface area contributed by atoms with Crippen LogP contribution in [0, 0.1) is 0 Å². The quantitative estimate of drug-likeness (QED) is 0.0269. The topological polar surface area (TPSA) is 135 Å². The first kappa shape index (κ1) is 60.3. The number of aliphatic hydroxyl groups excluding tert-OH is 4. The van der Waals surface area contributed by atoms with Gasteiger partial charge in [-0.25, -0.2) is 0 Å². The first-order valence-electron chi connectivity index (χ1n) is 25.3. The molecule has 6 atom stereocenters. The third kappa shape index (κ3) is 36.4. The zero-order chi connectivity index (χ0) is 47.8. The van der Waals surface area contributed by atoms with Gasteiger partial charge in [0.05, 0.1) is 19.8 Å². The molecule has 1 saturated heterocycles. The Bertz CT molecular complexity index is 1460. The van der Waals surface area contributed by atoms with Gasteiger partial charge in [-0.1, -0.05) is 180 Å². The molecule has 1 heterocycles. The molecular weight excluding hydrogens is 829 g/mol. The summed E-state index contributed by atoms with van der Waals surface area (Å²) in [6.07, 6.45) is 62.0. The maximum absolute atomic E-state index is 12.8. The van der Waals surface area contributed by atoms with Crippen molar-refractivity contribution in [2.24, 2.45) is 0 Å². The van der Waals surface area contributed by atoms with Gasteiger partial charge < -0.3 is 39.4 Å². The van der Waals surface area contributed by atoms with E-state index < -0.39 is 43.4 Å². The van der Waals surface area contributed by atoms with E-state index in [1.54, 1.807) is 0 Å². The minimum absolute atomic E-state index is 0.104. The van der Waals surface area contributed by atoms with E-state index in [1.165, 1.54) is 25.7 Å². The van der Waals surface area contributed by atoms with Crippen LogP contribution in [0.1, 0.15) is 155 Å². The third-order valence-corrected chi connectivity index (χ3v) is 10.6. The van der Waals surface area contributed by atoms with Crippen LogP contribution in [-0.4, -0.2) is 89.6 Å². The molecule has 0 aromatic carbocycles. The smallest absolute Gasteiger partial charge is 0.306 e. The number of ether oxygens (including phenoxy) is 4. The molecule has 9 heteroatoms. The highest BCUT2D eigenvalue weighted by Gasteiger charge is 2.44. The Morgan fingerprint density at radius 1 is 0.485 bits per heavy atom. The average Bonchev–Trinajstić information content (AvgIpc) is 3.32. The van der Waals surface area contributed by atoms with Crippen molar-refractivity contribution in [3.63, 3.8) is 0 Å². The van der Waals surface area contributed by atoms with E-state index in [1.807, 2.05) is 0 Å². The van der Waals surface area contributed by atoms with Crippen LogP contribution in [0.4, 0.5) is 0 Å². The molecule has 6 unspecified atom stereocenters. The molecule has 0 aliphatic carbocycles. The third-order valence-electron chi connectivity index (χ3n) is 10.6. The first-order chi connectivity index (χ1) is 32.4. The Labute approximate surface area is 400 Å². The largest absolute Gasteiger partial charge is 0.457 e. The highest BCUT2D eigenvalue weighted by Crippen LogP contribution is 2.22. The van der Waals surface area contributed by atoms with Crippen molar-refractivity contribution in [2.45, 2.75) is 192 Å². The Balaban J connectivity index is 2.27. The van der Waals surface area contributed by atoms with Crippen molar-refractivity contribution in [3.05, 3.63) is 134 Å². The summed E-state index contributed by atoms with van der Waals surface area (Å²) in [5, 5.41) is 40.2. The van der Waals surface area contributed by atoms with Crippen LogP contribution < -0.4 is 0 Å². The van der Waals surface area contributed by atoms with Crippen molar-refractivity contribution in [1.29, 1.82) is 0 Å². The number of hydrogen-bond acceptors (Lipinski definition) is 9. The van der Waals surface area contributed by atoms with Crippen molar-refractivity contribution < 1.29 is 44.2 Å². The summed E-state index contributed by atoms with van der Waals surface area (Å²) in [6, 6.07) is 0. The Morgan fingerprint density at radius 2 is 0.879 bits per heavy atom. The normalized spacial score (nSPS) is 20.5. The number of unbranched alkanes of at least 4 members (excludes halogenated alkanes) is 8. The van der Waals surface area contributed by atoms with Crippen molar-refractivity contribution >= 4 is 5.97 Å². The molecule has 1 aliphatic rings. The monoisotopic (exact) mass is 919 g/mol. The lowest BCUT2D eigenvalue weighted by molar-refractivity contribution is -0.305. The molecule has 0 amide bonds. The first-order valence-corrected chi connectivity index (χ1v) is 25.3. The summed E-state index contributed by atoms with van der Waals surface area (Å²) in [6.45, 7) is 4.20. The molecule has 1 aliphatic heterocycles. The molecule has 372 valence electrons. The average molecular weight is 919 g/mol. The van der Waals surface area contributed by atoms with Gasteiger partial charge in [-0.15, -0.1) is 0 Å². The van der Waals surface area contributed by atoms with Crippen LogP contribution in [-0.2, 0) is 23.7 Å². The van der Waals surface area contributed by atoms with E-state index in [2.05, 4.69) is 148 Å². The molecule has 1 fully saturated rings. The summed E-state index contributed by atoms with van der Waals surface area (Å²) in [5.41, 5.74) is 0. The predicted molar refractivity (Wildman–Crippen MR) is 274 cm³/mol. The van der Waals surface area contributed by atoms with Gasteiger partial charge in [0.15, 0.2) is 6.29 Å². The fraction of sp³-hybridized carbons (Fsp3) is 0.596.